The van der Waals surface area contributed by atoms with Gasteiger partial charge in [0, 0.05) is 28.3 Å². The van der Waals surface area contributed by atoms with Gasteiger partial charge in [-0.05, 0) is 0 Å². The van der Waals surface area contributed by atoms with Gasteiger partial charge in [0.25, 0.3) is 0 Å². The Morgan fingerprint density at radius 2 is 2.38 bits per heavy atom. The molecular weight excluding hydrogens is 156 g/mol. The average molecular weight is 165 g/mol. The summed E-state index contributed by atoms with van der Waals surface area (Å²) in [6, 6.07) is 0. The Bertz CT molecular complexity index is 58.7. The summed E-state index contributed by atoms with van der Waals surface area (Å²) in [6.45, 7) is 0. The molecule has 0 nitrogen and oxygen atoms in total. The fourth-order valence-electron chi connectivity index (χ4n) is 0.633. The highest BCUT2D eigenvalue weighted by Crippen LogP contribution is 2.24. The fraction of sp³-hybridized carbons (Fsp3) is 1.00. The molecule has 1 rings (SSSR count). The van der Waals surface area contributed by atoms with Crippen molar-refractivity contribution >= 4 is 36.2 Å². The molecule has 1 atom stereocenters. The van der Waals surface area contributed by atoms with Crippen LogP contribution in [0.15, 0.2) is 0 Å². The van der Waals surface area contributed by atoms with E-state index in [0.29, 0.717) is 0 Å². The molecule has 47 valence electrons. The summed E-state index contributed by atoms with van der Waals surface area (Å²) in [5, 5.41) is 0.781. The minimum Gasteiger partial charge on any atom is -0.160 e. The first-order chi connectivity index (χ1) is 3.93. The summed E-state index contributed by atoms with van der Waals surface area (Å²) in [4.78, 5) is 0. The molecule has 1 aliphatic rings. The molecule has 1 aliphatic heterocycles. The number of thioether (sulfide) groups is 2. The molecule has 0 N–H and O–H groups in total. The summed E-state index contributed by atoms with van der Waals surface area (Å²) < 4.78 is 0. The van der Waals surface area contributed by atoms with Crippen LogP contribution in [-0.2, 0) is 0 Å². The number of hydrogen-bond acceptors (Lipinski definition) is 2. The molecule has 8 heavy (non-hydrogen) atoms. The first kappa shape index (κ1) is 7.16. The van der Waals surface area contributed by atoms with Crippen molar-refractivity contribution < 1.29 is 0 Å². The van der Waals surface area contributed by atoms with Crippen molar-refractivity contribution in [3.63, 3.8) is 0 Å². The van der Waals surface area contributed by atoms with Gasteiger partial charge in [0.2, 0.25) is 0 Å². The third-order valence-corrected chi connectivity index (χ3v) is 4.53. The predicted molar refractivity (Wildman–Crippen MR) is 46.0 cm³/mol. The SMILES string of the molecule is [S]CC1CSCCS1. The van der Waals surface area contributed by atoms with Crippen molar-refractivity contribution in [2.75, 3.05) is 23.0 Å². The van der Waals surface area contributed by atoms with E-state index in [4.69, 9.17) is 12.6 Å². The van der Waals surface area contributed by atoms with E-state index in [1.54, 1.807) is 0 Å². The monoisotopic (exact) mass is 165 g/mol. The lowest BCUT2D eigenvalue weighted by Crippen LogP contribution is -2.14. The van der Waals surface area contributed by atoms with Gasteiger partial charge in [-0.15, -0.1) is 0 Å². The van der Waals surface area contributed by atoms with Crippen LogP contribution in [0.5, 0.6) is 0 Å². The highest BCUT2D eigenvalue weighted by Gasteiger charge is 2.11. The van der Waals surface area contributed by atoms with Crippen LogP contribution in [0.3, 0.4) is 0 Å². The first-order valence-electron chi connectivity index (χ1n) is 2.71. The molecule has 1 unspecified atom stereocenters. The minimum atomic E-state index is 0.781. The quantitative estimate of drug-likeness (QED) is 0.583. The van der Waals surface area contributed by atoms with Gasteiger partial charge in [-0.1, -0.05) is 12.6 Å². The molecule has 0 aromatic heterocycles. The van der Waals surface area contributed by atoms with Crippen LogP contribution in [0.4, 0.5) is 0 Å². The van der Waals surface area contributed by atoms with Crippen molar-refractivity contribution in [1.82, 2.24) is 0 Å². The van der Waals surface area contributed by atoms with Gasteiger partial charge in [-0.25, -0.2) is 0 Å². The third-order valence-electron chi connectivity index (χ3n) is 1.07. The zero-order valence-corrected chi connectivity index (χ0v) is 7.08. The Morgan fingerprint density at radius 1 is 1.50 bits per heavy atom. The smallest absolute Gasteiger partial charge is 0.0237 e. The second-order valence-corrected chi connectivity index (χ2v) is 4.63. The maximum Gasteiger partial charge on any atom is 0.0237 e. The molecule has 0 amide bonds. The van der Waals surface area contributed by atoms with Crippen LogP contribution in [0.2, 0.25) is 0 Å². The van der Waals surface area contributed by atoms with Crippen molar-refractivity contribution in [3.05, 3.63) is 0 Å². The zero-order chi connectivity index (χ0) is 5.82. The summed E-state index contributed by atoms with van der Waals surface area (Å²) >= 11 is 9.02. The molecule has 0 aliphatic carbocycles. The normalized spacial score (nSPS) is 30.4. The molecule has 1 saturated heterocycles. The van der Waals surface area contributed by atoms with Gasteiger partial charge in [-0.2, -0.15) is 23.5 Å². The lowest BCUT2D eigenvalue weighted by Gasteiger charge is -2.17. The van der Waals surface area contributed by atoms with Gasteiger partial charge >= 0.3 is 0 Å². The van der Waals surface area contributed by atoms with E-state index < -0.39 is 0 Å². The maximum absolute atomic E-state index is 4.94. The van der Waals surface area contributed by atoms with Crippen LogP contribution >= 0.6 is 36.2 Å². The topological polar surface area (TPSA) is 0 Å². The van der Waals surface area contributed by atoms with Crippen molar-refractivity contribution in [2.45, 2.75) is 5.25 Å². The fourth-order valence-corrected chi connectivity index (χ4v) is 3.70. The molecule has 0 saturated carbocycles. The highest BCUT2D eigenvalue weighted by molar-refractivity contribution is 8.07. The van der Waals surface area contributed by atoms with Gasteiger partial charge in [-0.3, -0.25) is 0 Å². The standard InChI is InChI=1S/C5H9S3/c6-3-5-4-7-1-2-8-5/h5H,1-4H2. The summed E-state index contributed by atoms with van der Waals surface area (Å²) in [6.07, 6.45) is 0. The first-order valence-corrected chi connectivity index (χ1v) is 5.49. The van der Waals surface area contributed by atoms with E-state index in [-0.39, 0.29) is 0 Å². The van der Waals surface area contributed by atoms with Crippen molar-refractivity contribution in [2.24, 2.45) is 0 Å². The van der Waals surface area contributed by atoms with Crippen LogP contribution in [0.25, 0.3) is 0 Å². The molecule has 1 fully saturated rings. The number of rotatable bonds is 1. The van der Waals surface area contributed by atoms with Gasteiger partial charge in [0.05, 0.1) is 0 Å². The van der Waals surface area contributed by atoms with Crippen LogP contribution in [0.1, 0.15) is 0 Å². The molecular formula is C5H9S3. The maximum atomic E-state index is 4.94. The number of hydrogen-bond donors (Lipinski definition) is 0. The zero-order valence-electron chi connectivity index (χ0n) is 4.63. The summed E-state index contributed by atoms with van der Waals surface area (Å²) in [5.74, 6) is 4.87. The largest absolute Gasteiger partial charge is 0.160 e. The summed E-state index contributed by atoms with van der Waals surface area (Å²) in [7, 11) is 0. The molecule has 1 radical (unpaired) electrons. The molecule has 0 aromatic rings. The molecule has 0 spiro atoms. The van der Waals surface area contributed by atoms with Crippen molar-refractivity contribution in [1.29, 1.82) is 0 Å². The van der Waals surface area contributed by atoms with Crippen LogP contribution in [-0.4, -0.2) is 28.3 Å². The minimum absolute atomic E-state index is 0.781. The Morgan fingerprint density at radius 3 is 2.75 bits per heavy atom. The third kappa shape index (κ3) is 2.11. The second kappa shape index (κ2) is 3.96. The molecule has 3 heteroatoms. The van der Waals surface area contributed by atoms with E-state index >= 15 is 0 Å². The Labute approximate surface area is 64.6 Å². The molecule has 0 aromatic carbocycles. The Balaban J connectivity index is 2.13. The Hall–Kier alpha value is 1.05. The van der Waals surface area contributed by atoms with Crippen LogP contribution in [0, 0.1) is 0 Å². The summed E-state index contributed by atoms with van der Waals surface area (Å²) in [5.41, 5.74) is 0. The van der Waals surface area contributed by atoms with Crippen molar-refractivity contribution in [3.8, 4) is 0 Å². The van der Waals surface area contributed by atoms with Gasteiger partial charge in [0.1, 0.15) is 0 Å². The van der Waals surface area contributed by atoms with E-state index in [9.17, 15) is 0 Å². The van der Waals surface area contributed by atoms with E-state index in [1.165, 1.54) is 17.3 Å². The second-order valence-electron chi connectivity index (χ2n) is 1.73. The van der Waals surface area contributed by atoms with Gasteiger partial charge in [0.15, 0.2) is 0 Å². The van der Waals surface area contributed by atoms with E-state index in [2.05, 4.69) is 0 Å². The van der Waals surface area contributed by atoms with E-state index in [1.807, 2.05) is 23.5 Å². The predicted octanol–water partition coefficient (Wildman–Crippen LogP) is 2.03. The lowest BCUT2D eigenvalue weighted by atomic mass is 10.5. The lowest BCUT2D eigenvalue weighted by molar-refractivity contribution is 1.14. The molecule has 1 heterocycles. The van der Waals surface area contributed by atoms with Crippen LogP contribution < -0.4 is 0 Å². The van der Waals surface area contributed by atoms with E-state index in [0.717, 1.165) is 11.0 Å². The van der Waals surface area contributed by atoms with Gasteiger partial charge < -0.3 is 0 Å². The average Bonchev–Trinajstić information content (AvgIpc) is 1.90. The molecule has 0 bridgehead atoms. The highest BCUT2D eigenvalue weighted by atomic mass is 32.2. The Kier molecular flexibility index (Phi) is 3.55.